The predicted octanol–water partition coefficient (Wildman–Crippen LogP) is 2.27. The number of carbonyl (C=O) groups excluding carboxylic acids is 1. The highest BCUT2D eigenvalue weighted by molar-refractivity contribution is 5.76. The van der Waals surface area contributed by atoms with Crippen LogP contribution >= 0.6 is 0 Å². The van der Waals surface area contributed by atoms with E-state index in [1.807, 2.05) is 32.0 Å². The van der Waals surface area contributed by atoms with Gasteiger partial charge in [0.25, 0.3) is 0 Å². The molecule has 5 heteroatoms. The lowest BCUT2D eigenvalue weighted by Crippen LogP contribution is -2.49. The lowest BCUT2D eigenvalue weighted by molar-refractivity contribution is -0.121. The molecule has 124 valence electrons. The Bertz CT molecular complexity index is 485. The minimum absolute atomic E-state index is 0.0199. The molecule has 0 aromatic heterocycles. The maximum atomic E-state index is 11.9. The van der Waals surface area contributed by atoms with Crippen LogP contribution in [0.15, 0.2) is 18.2 Å². The number of nitrogens with one attached hydrogen (secondary N) is 1. The summed E-state index contributed by atoms with van der Waals surface area (Å²) in [6.07, 6.45) is 2.78. The van der Waals surface area contributed by atoms with Crippen molar-refractivity contribution in [3.63, 3.8) is 0 Å². The van der Waals surface area contributed by atoms with Gasteiger partial charge in [-0.1, -0.05) is 19.9 Å². The number of amides is 1. The van der Waals surface area contributed by atoms with Crippen LogP contribution in [0.4, 0.5) is 0 Å². The van der Waals surface area contributed by atoms with Gasteiger partial charge in [-0.25, -0.2) is 0 Å². The highest BCUT2D eigenvalue weighted by Gasteiger charge is 2.20. The van der Waals surface area contributed by atoms with Crippen molar-refractivity contribution in [1.29, 1.82) is 0 Å². The van der Waals surface area contributed by atoms with E-state index in [0.717, 1.165) is 18.4 Å². The maximum absolute atomic E-state index is 11.9. The van der Waals surface area contributed by atoms with Crippen LogP contribution < -0.4 is 20.5 Å². The third kappa shape index (κ3) is 5.22. The molecule has 0 aliphatic carbocycles. The Kier molecular flexibility index (Phi) is 7.18. The Morgan fingerprint density at radius 1 is 1.18 bits per heavy atom. The maximum Gasteiger partial charge on any atom is 0.220 e. The van der Waals surface area contributed by atoms with Crippen LogP contribution in [0.5, 0.6) is 11.5 Å². The van der Waals surface area contributed by atoms with Gasteiger partial charge in [0.15, 0.2) is 11.5 Å². The second-order valence-corrected chi connectivity index (χ2v) is 5.54. The number of benzene rings is 1. The van der Waals surface area contributed by atoms with E-state index in [1.54, 1.807) is 14.2 Å². The second-order valence-electron chi connectivity index (χ2n) is 5.54. The van der Waals surface area contributed by atoms with E-state index in [9.17, 15) is 4.79 Å². The van der Waals surface area contributed by atoms with E-state index in [1.165, 1.54) is 0 Å². The van der Waals surface area contributed by atoms with Gasteiger partial charge in [-0.05, 0) is 37.0 Å². The first kappa shape index (κ1) is 18.3. The van der Waals surface area contributed by atoms with Crippen molar-refractivity contribution in [2.45, 2.75) is 45.1 Å². The standard InChI is InChI=1S/C17H28N2O3/c1-5-17(18,6-2)12-19-16(20)10-8-13-7-9-14(21-3)15(11-13)22-4/h7,9,11H,5-6,8,10,12,18H2,1-4H3,(H,19,20). The Labute approximate surface area is 133 Å². The smallest absolute Gasteiger partial charge is 0.220 e. The number of hydrogen-bond donors (Lipinski definition) is 2. The van der Waals surface area contributed by atoms with Crippen LogP contribution in [0, 0.1) is 0 Å². The molecule has 3 N–H and O–H groups in total. The number of ether oxygens (including phenoxy) is 2. The number of rotatable bonds is 9. The van der Waals surface area contributed by atoms with Crippen molar-refractivity contribution in [1.82, 2.24) is 5.32 Å². The Hall–Kier alpha value is -1.75. The number of nitrogens with two attached hydrogens (primary N) is 1. The quantitative estimate of drug-likeness (QED) is 0.734. The lowest BCUT2D eigenvalue weighted by Gasteiger charge is -2.26. The summed E-state index contributed by atoms with van der Waals surface area (Å²) in [5, 5.41) is 2.93. The molecule has 22 heavy (non-hydrogen) atoms. The van der Waals surface area contributed by atoms with Crippen molar-refractivity contribution < 1.29 is 14.3 Å². The molecule has 0 aliphatic heterocycles. The van der Waals surface area contributed by atoms with Gasteiger partial charge in [-0.3, -0.25) is 4.79 Å². The van der Waals surface area contributed by atoms with Gasteiger partial charge < -0.3 is 20.5 Å². The van der Waals surface area contributed by atoms with Gasteiger partial charge >= 0.3 is 0 Å². The number of carbonyl (C=O) groups is 1. The molecule has 0 spiro atoms. The molecule has 1 aromatic rings. The highest BCUT2D eigenvalue weighted by atomic mass is 16.5. The molecular weight excluding hydrogens is 280 g/mol. The normalized spacial score (nSPS) is 11.1. The first-order chi connectivity index (χ1) is 10.5. The highest BCUT2D eigenvalue weighted by Crippen LogP contribution is 2.27. The summed E-state index contributed by atoms with van der Waals surface area (Å²) in [5.74, 6) is 1.39. The topological polar surface area (TPSA) is 73.6 Å². The van der Waals surface area contributed by atoms with E-state index in [4.69, 9.17) is 15.2 Å². The molecule has 1 aromatic carbocycles. The molecule has 0 saturated carbocycles. The van der Waals surface area contributed by atoms with Gasteiger partial charge in [0, 0.05) is 18.5 Å². The molecule has 0 unspecified atom stereocenters. The summed E-state index contributed by atoms with van der Waals surface area (Å²) in [6, 6.07) is 5.70. The third-order valence-corrected chi connectivity index (χ3v) is 4.13. The summed E-state index contributed by atoms with van der Waals surface area (Å²) < 4.78 is 10.5. The first-order valence-corrected chi connectivity index (χ1v) is 7.74. The molecule has 1 amide bonds. The van der Waals surface area contributed by atoms with Crippen LogP contribution in [-0.2, 0) is 11.2 Å². The summed E-state index contributed by atoms with van der Waals surface area (Å²) >= 11 is 0. The molecule has 0 fully saturated rings. The van der Waals surface area contributed by atoms with E-state index in [0.29, 0.717) is 30.9 Å². The van der Waals surface area contributed by atoms with E-state index >= 15 is 0 Å². The molecule has 0 aliphatic rings. The summed E-state index contributed by atoms with van der Waals surface area (Å²) in [7, 11) is 3.20. The third-order valence-electron chi connectivity index (χ3n) is 4.13. The van der Waals surface area contributed by atoms with Gasteiger partial charge in [-0.15, -0.1) is 0 Å². The van der Waals surface area contributed by atoms with E-state index in [-0.39, 0.29) is 11.4 Å². The van der Waals surface area contributed by atoms with E-state index < -0.39 is 0 Å². The molecule has 0 heterocycles. The fourth-order valence-electron chi connectivity index (χ4n) is 2.16. The zero-order valence-corrected chi connectivity index (χ0v) is 14.1. The minimum Gasteiger partial charge on any atom is -0.493 e. The van der Waals surface area contributed by atoms with Crippen LogP contribution in [0.2, 0.25) is 0 Å². The predicted molar refractivity (Wildman–Crippen MR) is 88.4 cm³/mol. The fraction of sp³-hybridized carbons (Fsp3) is 0.588. The zero-order valence-electron chi connectivity index (χ0n) is 14.1. The Morgan fingerprint density at radius 3 is 2.36 bits per heavy atom. The number of aryl methyl sites for hydroxylation is 1. The molecule has 0 saturated heterocycles. The van der Waals surface area contributed by atoms with Crippen molar-refractivity contribution in [3.05, 3.63) is 23.8 Å². The zero-order chi connectivity index (χ0) is 16.6. The summed E-state index contributed by atoms with van der Waals surface area (Å²) in [4.78, 5) is 11.9. The van der Waals surface area contributed by atoms with Gasteiger partial charge in [0.05, 0.1) is 14.2 Å². The Balaban J connectivity index is 2.51. The average molecular weight is 308 g/mol. The summed E-state index contributed by atoms with van der Waals surface area (Å²) in [6.45, 7) is 4.60. The summed E-state index contributed by atoms with van der Waals surface area (Å²) in [5.41, 5.74) is 6.91. The van der Waals surface area contributed by atoms with Gasteiger partial charge in [-0.2, -0.15) is 0 Å². The van der Waals surface area contributed by atoms with E-state index in [2.05, 4.69) is 5.32 Å². The minimum atomic E-state index is -0.307. The van der Waals surface area contributed by atoms with Crippen LogP contribution in [0.1, 0.15) is 38.7 Å². The Morgan fingerprint density at radius 2 is 1.82 bits per heavy atom. The lowest BCUT2D eigenvalue weighted by atomic mass is 9.94. The van der Waals surface area contributed by atoms with Gasteiger partial charge in [0.1, 0.15) is 0 Å². The first-order valence-electron chi connectivity index (χ1n) is 7.74. The number of hydrogen-bond acceptors (Lipinski definition) is 4. The molecular formula is C17H28N2O3. The molecule has 5 nitrogen and oxygen atoms in total. The van der Waals surface area contributed by atoms with Crippen LogP contribution in [0.3, 0.4) is 0 Å². The average Bonchev–Trinajstić information content (AvgIpc) is 2.57. The largest absolute Gasteiger partial charge is 0.493 e. The molecule has 0 atom stereocenters. The molecule has 1 rings (SSSR count). The molecule has 0 bridgehead atoms. The van der Waals surface area contributed by atoms with Crippen LogP contribution in [0.25, 0.3) is 0 Å². The monoisotopic (exact) mass is 308 g/mol. The second kappa shape index (κ2) is 8.63. The fourth-order valence-corrected chi connectivity index (χ4v) is 2.16. The van der Waals surface area contributed by atoms with Crippen molar-refractivity contribution in [2.24, 2.45) is 5.73 Å². The van der Waals surface area contributed by atoms with Crippen LogP contribution in [-0.4, -0.2) is 32.2 Å². The van der Waals surface area contributed by atoms with Crippen molar-refractivity contribution in [2.75, 3.05) is 20.8 Å². The number of methoxy groups -OCH3 is 2. The SMILES string of the molecule is CCC(N)(CC)CNC(=O)CCc1ccc(OC)c(OC)c1. The van der Waals surface area contributed by atoms with Crippen molar-refractivity contribution >= 4 is 5.91 Å². The van der Waals surface area contributed by atoms with Gasteiger partial charge in [0.2, 0.25) is 5.91 Å². The van der Waals surface area contributed by atoms with Crippen molar-refractivity contribution in [3.8, 4) is 11.5 Å². The molecule has 0 radical (unpaired) electrons.